The van der Waals surface area contributed by atoms with Crippen molar-refractivity contribution in [1.29, 1.82) is 5.26 Å². The molecule has 2 atom stereocenters. The Morgan fingerprint density at radius 2 is 2.06 bits per heavy atom. The number of hydrogen-bond donors (Lipinski definition) is 2. The lowest BCUT2D eigenvalue weighted by molar-refractivity contribution is -0.139. The van der Waals surface area contributed by atoms with Gasteiger partial charge in [-0.05, 0) is 12.8 Å². The summed E-state index contributed by atoms with van der Waals surface area (Å²) >= 11 is 0. The Kier molecular flexibility index (Phi) is 6.00. The molecule has 0 rings (SSSR count). The molecule has 0 aromatic heterocycles. The van der Waals surface area contributed by atoms with Gasteiger partial charge in [0.1, 0.15) is 6.04 Å². The van der Waals surface area contributed by atoms with Crippen LogP contribution in [0.3, 0.4) is 0 Å². The highest BCUT2D eigenvalue weighted by molar-refractivity contribution is 7.90. The van der Waals surface area contributed by atoms with E-state index in [1.807, 2.05) is 4.72 Å². The number of sulfonamides is 1. The van der Waals surface area contributed by atoms with Gasteiger partial charge in [0, 0.05) is 0 Å². The van der Waals surface area contributed by atoms with Crippen LogP contribution in [0.4, 0.5) is 0 Å². The molecule has 0 aromatic rings. The third-order valence-corrected chi connectivity index (χ3v) is 3.87. The van der Waals surface area contributed by atoms with Crippen molar-refractivity contribution in [2.75, 3.05) is 0 Å². The topological polar surface area (TPSA) is 107 Å². The quantitative estimate of drug-likeness (QED) is 0.680. The summed E-state index contributed by atoms with van der Waals surface area (Å²) in [5.41, 5.74) is 0. The normalized spacial score (nSPS) is 15.1. The van der Waals surface area contributed by atoms with E-state index in [-0.39, 0.29) is 12.8 Å². The molecule has 0 radical (unpaired) electrons. The number of aliphatic carboxylic acids is 1. The second-order valence-electron chi connectivity index (χ2n) is 3.37. The van der Waals surface area contributed by atoms with E-state index in [0.717, 1.165) is 0 Å². The number of hydrogen-bond acceptors (Lipinski definition) is 4. The SMILES string of the molecule is CCC[C@@H](NS(=O)(=O)C(C#N)CC)C(=O)O. The van der Waals surface area contributed by atoms with Crippen LogP contribution < -0.4 is 4.72 Å². The van der Waals surface area contributed by atoms with Crippen LogP contribution in [0.25, 0.3) is 0 Å². The lowest BCUT2D eigenvalue weighted by Crippen LogP contribution is -2.44. The van der Waals surface area contributed by atoms with Crippen LogP contribution >= 0.6 is 0 Å². The van der Waals surface area contributed by atoms with E-state index in [2.05, 4.69) is 0 Å². The second-order valence-corrected chi connectivity index (χ2v) is 5.26. The summed E-state index contributed by atoms with van der Waals surface area (Å²) in [6, 6.07) is 0.480. The zero-order chi connectivity index (χ0) is 12.8. The summed E-state index contributed by atoms with van der Waals surface area (Å²) in [7, 11) is -3.88. The number of nitriles is 1. The molecule has 0 saturated heterocycles. The molecule has 16 heavy (non-hydrogen) atoms. The van der Waals surface area contributed by atoms with E-state index < -0.39 is 27.3 Å². The molecule has 0 aliphatic rings. The van der Waals surface area contributed by atoms with Crippen molar-refractivity contribution in [3.8, 4) is 6.07 Å². The van der Waals surface area contributed by atoms with Gasteiger partial charge in [0.25, 0.3) is 0 Å². The van der Waals surface area contributed by atoms with Gasteiger partial charge in [0.15, 0.2) is 5.25 Å². The minimum absolute atomic E-state index is 0.129. The predicted molar refractivity (Wildman–Crippen MR) is 58.1 cm³/mol. The summed E-state index contributed by atoms with van der Waals surface area (Å²) in [5.74, 6) is -1.22. The molecule has 2 N–H and O–H groups in total. The first-order valence-electron chi connectivity index (χ1n) is 5.02. The largest absolute Gasteiger partial charge is 0.480 e. The van der Waals surface area contributed by atoms with Gasteiger partial charge < -0.3 is 5.11 Å². The van der Waals surface area contributed by atoms with Crippen molar-refractivity contribution in [3.63, 3.8) is 0 Å². The molecule has 0 saturated carbocycles. The average molecular weight is 248 g/mol. The maximum absolute atomic E-state index is 11.6. The minimum Gasteiger partial charge on any atom is -0.480 e. The van der Waals surface area contributed by atoms with Gasteiger partial charge in [-0.25, -0.2) is 8.42 Å². The third kappa shape index (κ3) is 4.16. The third-order valence-electron chi connectivity index (χ3n) is 2.07. The highest BCUT2D eigenvalue weighted by Gasteiger charge is 2.29. The van der Waals surface area contributed by atoms with E-state index in [0.29, 0.717) is 6.42 Å². The van der Waals surface area contributed by atoms with Crippen molar-refractivity contribution in [1.82, 2.24) is 4.72 Å². The standard InChI is InChI=1S/C9H16N2O4S/c1-3-5-8(9(12)13)11-16(14,15)7(4-2)6-10/h7-8,11H,3-5H2,1-2H3,(H,12,13)/t7?,8-/m1/s1. The van der Waals surface area contributed by atoms with E-state index in [1.54, 1.807) is 19.9 Å². The summed E-state index contributed by atoms with van der Waals surface area (Å²) < 4.78 is 25.2. The first-order chi connectivity index (χ1) is 7.38. The van der Waals surface area contributed by atoms with Crippen LogP contribution in [0.2, 0.25) is 0 Å². The van der Waals surface area contributed by atoms with Gasteiger partial charge in [-0.3, -0.25) is 4.79 Å². The Morgan fingerprint density at radius 3 is 2.38 bits per heavy atom. The zero-order valence-corrected chi connectivity index (χ0v) is 10.1. The van der Waals surface area contributed by atoms with E-state index in [9.17, 15) is 13.2 Å². The average Bonchev–Trinajstić information content (AvgIpc) is 2.18. The maximum atomic E-state index is 11.6. The summed E-state index contributed by atoms with van der Waals surface area (Å²) in [4.78, 5) is 10.8. The van der Waals surface area contributed by atoms with Gasteiger partial charge in [0.05, 0.1) is 6.07 Å². The summed E-state index contributed by atoms with van der Waals surface area (Å²) in [5, 5.41) is 16.2. The van der Waals surface area contributed by atoms with Gasteiger partial charge in [0.2, 0.25) is 10.0 Å². The van der Waals surface area contributed by atoms with Crippen LogP contribution in [0, 0.1) is 11.3 Å². The first-order valence-corrected chi connectivity index (χ1v) is 6.57. The predicted octanol–water partition coefficient (Wildman–Crippen LogP) is 0.461. The molecule has 0 amide bonds. The summed E-state index contributed by atoms with van der Waals surface area (Å²) in [6.45, 7) is 3.31. The smallest absolute Gasteiger partial charge is 0.321 e. The number of nitrogens with one attached hydrogen (secondary N) is 1. The number of nitrogens with zero attached hydrogens (tertiary/aromatic N) is 1. The molecule has 0 aliphatic heterocycles. The molecule has 0 heterocycles. The molecule has 0 bridgehead atoms. The maximum Gasteiger partial charge on any atom is 0.321 e. The van der Waals surface area contributed by atoms with Crippen molar-refractivity contribution in [2.24, 2.45) is 0 Å². The van der Waals surface area contributed by atoms with Crippen molar-refractivity contribution >= 4 is 16.0 Å². The van der Waals surface area contributed by atoms with Gasteiger partial charge in [-0.2, -0.15) is 9.98 Å². The van der Waals surface area contributed by atoms with Gasteiger partial charge >= 0.3 is 5.97 Å². The zero-order valence-electron chi connectivity index (χ0n) is 9.30. The van der Waals surface area contributed by atoms with Crippen molar-refractivity contribution < 1.29 is 18.3 Å². The number of rotatable bonds is 7. The molecular weight excluding hydrogens is 232 g/mol. The highest BCUT2D eigenvalue weighted by Crippen LogP contribution is 2.06. The van der Waals surface area contributed by atoms with Gasteiger partial charge in [-0.1, -0.05) is 20.3 Å². The molecule has 0 aromatic carbocycles. The molecule has 92 valence electrons. The van der Waals surface area contributed by atoms with Crippen molar-refractivity contribution in [2.45, 2.75) is 44.4 Å². The van der Waals surface area contributed by atoms with Crippen molar-refractivity contribution in [3.05, 3.63) is 0 Å². The lowest BCUT2D eigenvalue weighted by atomic mass is 10.2. The van der Waals surface area contributed by atoms with Crippen LogP contribution in [0.5, 0.6) is 0 Å². The van der Waals surface area contributed by atoms with Crippen LogP contribution in [0.1, 0.15) is 33.1 Å². The Bertz CT molecular complexity index is 371. The van der Waals surface area contributed by atoms with Crippen LogP contribution in [-0.2, 0) is 14.8 Å². The fourth-order valence-corrected chi connectivity index (χ4v) is 2.54. The molecule has 7 heteroatoms. The number of carboxylic acid groups (broad SMARTS) is 1. The Balaban J connectivity index is 4.80. The molecular formula is C9H16N2O4S. The Labute approximate surface area is 95.3 Å². The molecule has 0 spiro atoms. The second kappa shape index (κ2) is 6.45. The van der Waals surface area contributed by atoms with Crippen LogP contribution in [-0.4, -0.2) is 30.8 Å². The lowest BCUT2D eigenvalue weighted by Gasteiger charge is -2.15. The fourth-order valence-electron chi connectivity index (χ4n) is 1.18. The Hall–Kier alpha value is -1.13. The monoisotopic (exact) mass is 248 g/mol. The highest BCUT2D eigenvalue weighted by atomic mass is 32.2. The minimum atomic E-state index is -3.88. The van der Waals surface area contributed by atoms with E-state index in [1.165, 1.54) is 0 Å². The van der Waals surface area contributed by atoms with E-state index in [4.69, 9.17) is 10.4 Å². The molecule has 6 nitrogen and oxygen atoms in total. The first kappa shape index (κ1) is 14.9. The Morgan fingerprint density at radius 1 is 1.50 bits per heavy atom. The number of carboxylic acids is 1. The van der Waals surface area contributed by atoms with Crippen LogP contribution in [0.15, 0.2) is 0 Å². The summed E-state index contributed by atoms with van der Waals surface area (Å²) in [6.07, 6.45) is 0.879. The number of carbonyl (C=O) groups is 1. The molecule has 1 unspecified atom stereocenters. The van der Waals surface area contributed by atoms with Gasteiger partial charge in [-0.15, -0.1) is 0 Å². The molecule has 0 aliphatic carbocycles. The van der Waals surface area contributed by atoms with E-state index >= 15 is 0 Å². The molecule has 0 fully saturated rings. The fraction of sp³-hybridized carbons (Fsp3) is 0.778.